The van der Waals surface area contributed by atoms with Crippen molar-refractivity contribution in [1.29, 1.82) is 0 Å². The maximum absolute atomic E-state index is 13.6. The van der Waals surface area contributed by atoms with E-state index in [4.69, 9.17) is 21.3 Å². The van der Waals surface area contributed by atoms with Gasteiger partial charge in [-0.3, -0.25) is 9.69 Å². The monoisotopic (exact) mass is 492 g/mol. The summed E-state index contributed by atoms with van der Waals surface area (Å²) < 4.78 is 5.44. The lowest BCUT2D eigenvalue weighted by atomic mass is 10.2. The lowest BCUT2D eigenvalue weighted by Crippen LogP contribution is -2.56. The van der Waals surface area contributed by atoms with E-state index >= 15 is 0 Å². The average molecular weight is 493 g/mol. The molecule has 0 aliphatic carbocycles. The van der Waals surface area contributed by atoms with E-state index < -0.39 is 6.17 Å². The van der Waals surface area contributed by atoms with Gasteiger partial charge in [0, 0.05) is 43.9 Å². The van der Waals surface area contributed by atoms with Crippen LogP contribution in [-0.2, 0) is 4.79 Å². The highest BCUT2D eigenvalue weighted by Crippen LogP contribution is 2.39. The molecule has 1 unspecified atom stereocenters. The van der Waals surface area contributed by atoms with Crippen LogP contribution in [-0.4, -0.2) is 73.7 Å². The number of rotatable bonds is 4. The Morgan fingerprint density at radius 2 is 1.80 bits per heavy atom. The number of benzene rings is 2. The molecule has 1 fully saturated rings. The zero-order valence-electron chi connectivity index (χ0n) is 19.5. The van der Waals surface area contributed by atoms with Crippen LogP contribution in [0.1, 0.15) is 0 Å². The van der Waals surface area contributed by atoms with Crippen molar-refractivity contribution in [2.45, 2.75) is 6.17 Å². The molecule has 10 heteroatoms. The van der Waals surface area contributed by atoms with Gasteiger partial charge in [-0.1, -0.05) is 23.7 Å². The van der Waals surface area contributed by atoms with E-state index in [1.165, 1.54) is 4.90 Å². The highest BCUT2D eigenvalue weighted by molar-refractivity contribution is 6.30. The first-order valence-electron chi connectivity index (χ1n) is 11.3. The van der Waals surface area contributed by atoms with Crippen molar-refractivity contribution < 1.29 is 14.3 Å². The van der Waals surface area contributed by atoms with Crippen molar-refractivity contribution in [2.75, 3.05) is 55.0 Å². The Hall–Kier alpha value is -3.85. The van der Waals surface area contributed by atoms with Crippen LogP contribution in [0.15, 0.2) is 54.7 Å². The largest absolute Gasteiger partial charge is 0.496 e. The van der Waals surface area contributed by atoms with Crippen LogP contribution in [0, 0.1) is 0 Å². The number of urea groups is 1. The first kappa shape index (κ1) is 22.9. The molecule has 35 heavy (non-hydrogen) atoms. The molecular formula is C25H25ClN6O3. The second kappa shape index (κ2) is 9.42. The Balaban J connectivity index is 1.38. The van der Waals surface area contributed by atoms with Crippen LogP contribution in [0.4, 0.5) is 22.0 Å². The number of hydrogen-bond acceptors (Lipinski definition) is 7. The van der Waals surface area contributed by atoms with E-state index in [1.807, 2.05) is 48.5 Å². The van der Waals surface area contributed by atoms with Crippen molar-refractivity contribution in [2.24, 2.45) is 0 Å². The molecule has 0 saturated carbocycles. The molecular weight excluding hydrogens is 468 g/mol. The van der Waals surface area contributed by atoms with Crippen molar-refractivity contribution in [3.63, 3.8) is 0 Å². The van der Waals surface area contributed by atoms with Gasteiger partial charge in [-0.05, 0) is 36.4 Å². The van der Waals surface area contributed by atoms with Gasteiger partial charge >= 0.3 is 6.03 Å². The van der Waals surface area contributed by atoms with Crippen LogP contribution < -0.4 is 19.4 Å². The highest BCUT2D eigenvalue weighted by atomic mass is 35.5. The topological polar surface area (TPSA) is 82.1 Å². The van der Waals surface area contributed by atoms with Crippen LogP contribution in [0.2, 0.25) is 5.02 Å². The maximum atomic E-state index is 13.6. The number of aromatic nitrogens is 2. The molecule has 2 amide bonds. The van der Waals surface area contributed by atoms with Crippen molar-refractivity contribution in [3.8, 4) is 17.1 Å². The Bertz CT molecular complexity index is 1250. The first-order valence-corrected chi connectivity index (χ1v) is 11.7. The van der Waals surface area contributed by atoms with Crippen LogP contribution in [0.25, 0.3) is 11.4 Å². The SMILES string of the molecule is COc1ccccc1-c1ncc2c(n1)N(C)C(C=O)N2C(=O)N1CCN(c2ccc(Cl)cc2)CC1. The molecule has 9 nitrogen and oxygen atoms in total. The number of piperazine rings is 1. The Kier molecular flexibility index (Phi) is 6.17. The molecule has 0 radical (unpaired) electrons. The smallest absolute Gasteiger partial charge is 0.326 e. The number of hydrogen-bond donors (Lipinski definition) is 0. The minimum atomic E-state index is -0.797. The summed E-state index contributed by atoms with van der Waals surface area (Å²) in [5.74, 6) is 1.63. The third-order valence-corrected chi connectivity index (χ3v) is 6.67. The number of likely N-dealkylation sites (N-methyl/N-ethyl adjacent to an activating group) is 1. The zero-order chi connectivity index (χ0) is 24.5. The number of halogens is 1. The van der Waals surface area contributed by atoms with Gasteiger partial charge in [0.15, 0.2) is 24.1 Å². The third-order valence-electron chi connectivity index (χ3n) is 6.42. The number of para-hydroxylation sites is 1. The molecule has 1 saturated heterocycles. The summed E-state index contributed by atoms with van der Waals surface area (Å²) in [5, 5.41) is 0.690. The summed E-state index contributed by atoms with van der Waals surface area (Å²) in [7, 11) is 3.34. The van der Waals surface area contributed by atoms with Crippen LogP contribution in [0.3, 0.4) is 0 Å². The Labute approximate surface area is 208 Å². The maximum Gasteiger partial charge on any atom is 0.326 e. The summed E-state index contributed by atoms with van der Waals surface area (Å²) >= 11 is 6.00. The summed E-state index contributed by atoms with van der Waals surface area (Å²) in [6.07, 6.45) is 1.56. The predicted molar refractivity (Wildman–Crippen MR) is 135 cm³/mol. The molecule has 3 aromatic rings. The van der Waals surface area contributed by atoms with Crippen LogP contribution >= 0.6 is 11.6 Å². The molecule has 1 aromatic heterocycles. The van der Waals surface area contributed by atoms with Gasteiger partial charge in [0.25, 0.3) is 0 Å². The van der Waals surface area contributed by atoms with Crippen molar-refractivity contribution in [3.05, 3.63) is 59.8 Å². The molecule has 2 aliphatic heterocycles. The molecule has 2 aromatic carbocycles. The minimum Gasteiger partial charge on any atom is -0.496 e. The van der Waals surface area contributed by atoms with Crippen LogP contribution in [0.5, 0.6) is 5.75 Å². The van der Waals surface area contributed by atoms with E-state index in [1.54, 1.807) is 30.2 Å². The summed E-state index contributed by atoms with van der Waals surface area (Å²) in [4.78, 5) is 42.0. The summed E-state index contributed by atoms with van der Waals surface area (Å²) in [6.45, 7) is 2.42. The number of carbonyl (C=O) groups is 2. The number of nitrogens with zero attached hydrogens (tertiary/aromatic N) is 6. The van der Waals surface area contributed by atoms with Gasteiger partial charge in [-0.15, -0.1) is 0 Å². The predicted octanol–water partition coefficient (Wildman–Crippen LogP) is 3.53. The number of carbonyl (C=O) groups excluding carboxylic acids is 2. The molecule has 1 atom stereocenters. The molecule has 180 valence electrons. The van der Waals surface area contributed by atoms with Gasteiger partial charge in [-0.25, -0.2) is 14.8 Å². The van der Waals surface area contributed by atoms with E-state index in [0.717, 1.165) is 17.5 Å². The minimum absolute atomic E-state index is 0.239. The number of anilines is 3. The summed E-state index contributed by atoms with van der Waals surface area (Å²) in [6, 6.07) is 14.9. The fraction of sp³-hybridized carbons (Fsp3) is 0.280. The second-order valence-electron chi connectivity index (χ2n) is 8.37. The molecule has 2 aliphatic rings. The second-order valence-corrected chi connectivity index (χ2v) is 8.80. The average Bonchev–Trinajstić information content (AvgIpc) is 3.19. The number of ether oxygens (including phenoxy) is 1. The molecule has 5 rings (SSSR count). The van der Waals surface area contributed by atoms with Gasteiger partial charge in [0.2, 0.25) is 0 Å². The van der Waals surface area contributed by atoms with E-state index in [9.17, 15) is 9.59 Å². The molecule has 0 bridgehead atoms. The Morgan fingerprint density at radius 1 is 1.09 bits per heavy atom. The van der Waals surface area contributed by atoms with Gasteiger partial charge < -0.3 is 19.4 Å². The van der Waals surface area contributed by atoms with Crippen molar-refractivity contribution in [1.82, 2.24) is 14.9 Å². The number of methoxy groups -OCH3 is 1. The molecule has 0 N–H and O–H groups in total. The molecule has 0 spiro atoms. The number of aldehydes is 1. The lowest BCUT2D eigenvalue weighted by molar-refractivity contribution is -0.108. The third kappa shape index (κ3) is 4.12. The van der Waals surface area contributed by atoms with Crippen molar-refractivity contribution >= 4 is 41.1 Å². The lowest BCUT2D eigenvalue weighted by Gasteiger charge is -2.38. The normalized spacial score (nSPS) is 17.4. The first-order chi connectivity index (χ1) is 17.0. The summed E-state index contributed by atoms with van der Waals surface area (Å²) in [5.41, 5.74) is 2.31. The highest BCUT2D eigenvalue weighted by Gasteiger charge is 2.41. The number of fused-ring (bicyclic) bond motifs is 1. The van der Waals surface area contributed by atoms with E-state index in [2.05, 4.69) is 9.88 Å². The fourth-order valence-corrected chi connectivity index (χ4v) is 4.65. The van der Waals surface area contributed by atoms with E-state index in [0.29, 0.717) is 54.3 Å². The van der Waals surface area contributed by atoms with E-state index in [-0.39, 0.29) is 6.03 Å². The fourth-order valence-electron chi connectivity index (χ4n) is 4.52. The standard InChI is InChI=1S/C25H25ClN6O3/c1-29-22(16-33)32(20-15-27-23(28-24(20)29)19-5-3-4-6-21(19)35-2)25(34)31-13-11-30(12-14-31)18-9-7-17(26)8-10-18/h3-10,15-16,22H,11-14H2,1-2H3. The Morgan fingerprint density at radius 3 is 2.49 bits per heavy atom. The van der Waals surface area contributed by atoms with Gasteiger partial charge in [0.1, 0.15) is 11.4 Å². The number of amides is 2. The van der Waals surface area contributed by atoms with Gasteiger partial charge in [-0.2, -0.15) is 0 Å². The van der Waals surface area contributed by atoms with Gasteiger partial charge in [0.05, 0.1) is 18.9 Å². The molecule has 3 heterocycles. The zero-order valence-corrected chi connectivity index (χ0v) is 20.2. The quantitative estimate of drug-likeness (QED) is 0.515.